The van der Waals surface area contributed by atoms with Gasteiger partial charge in [-0.2, -0.15) is 0 Å². The molecule has 0 aromatic carbocycles. The second kappa shape index (κ2) is 4.40. The van der Waals surface area contributed by atoms with Gasteiger partial charge in [0.05, 0.1) is 6.61 Å². The van der Waals surface area contributed by atoms with Crippen molar-refractivity contribution < 1.29 is 5.11 Å². The third kappa shape index (κ3) is 2.03. The molecule has 0 aromatic rings. The largest absolute Gasteiger partial charge is 0.395 e. The van der Waals surface area contributed by atoms with Gasteiger partial charge in [0.25, 0.3) is 0 Å². The first-order valence-corrected chi connectivity index (χ1v) is 5.49. The van der Waals surface area contributed by atoms with Crippen LogP contribution < -0.4 is 5.32 Å². The van der Waals surface area contributed by atoms with Crippen LogP contribution in [0.25, 0.3) is 0 Å². The van der Waals surface area contributed by atoms with E-state index in [0.717, 1.165) is 13.1 Å². The Morgan fingerprint density at radius 3 is 2.69 bits per heavy atom. The van der Waals surface area contributed by atoms with Crippen molar-refractivity contribution in [3.8, 4) is 0 Å². The molecule has 2 aliphatic heterocycles. The van der Waals surface area contributed by atoms with Crippen molar-refractivity contribution >= 4 is 0 Å². The maximum Gasteiger partial charge on any atom is 0.0587 e. The summed E-state index contributed by atoms with van der Waals surface area (Å²) in [6.45, 7) is 3.78. The lowest BCUT2D eigenvalue weighted by Gasteiger charge is -2.41. The van der Waals surface area contributed by atoms with Crippen LogP contribution >= 0.6 is 0 Å². The lowest BCUT2D eigenvalue weighted by molar-refractivity contribution is 0.0606. The van der Waals surface area contributed by atoms with Crippen LogP contribution in [0.1, 0.15) is 25.7 Å². The Balaban J connectivity index is 1.93. The van der Waals surface area contributed by atoms with Crippen molar-refractivity contribution in [2.45, 2.75) is 37.8 Å². The summed E-state index contributed by atoms with van der Waals surface area (Å²) in [4.78, 5) is 2.52. The standard InChI is InChI=1S/C10H20N2O/c13-8-9-4-2-1-3-5-12(9)10-6-11-7-10/h9-11,13H,1-8H2. The molecule has 2 rings (SSSR count). The van der Waals surface area contributed by atoms with Gasteiger partial charge in [-0.15, -0.1) is 0 Å². The number of likely N-dealkylation sites (tertiary alicyclic amines) is 1. The van der Waals surface area contributed by atoms with E-state index in [2.05, 4.69) is 10.2 Å². The summed E-state index contributed by atoms with van der Waals surface area (Å²) in [6, 6.07) is 1.14. The molecule has 0 spiro atoms. The Kier molecular flexibility index (Phi) is 3.19. The number of hydrogen-bond donors (Lipinski definition) is 2. The van der Waals surface area contributed by atoms with Crippen molar-refractivity contribution in [3.05, 3.63) is 0 Å². The number of hydrogen-bond acceptors (Lipinski definition) is 3. The molecule has 1 atom stereocenters. The van der Waals surface area contributed by atoms with Gasteiger partial charge in [-0.1, -0.05) is 12.8 Å². The molecule has 0 radical (unpaired) electrons. The van der Waals surface area contributed by atoms with Gasteiger partial charge >= 0.3 is 0 Å². The molecule has 3 nitrogen and oxygen atoms in total. The van der Waals surface area contributed by atoms with Gasteiger partial charge in [-0.25, -0.2) is 0 Å². The average molecular weight is 184 g/mol. The molecule has 2 heterocycles. The molecule has 2 saturated heterocycles. The molecule has 0 aliphatic carbocycles. The lowest BCUT2D eigenvalue weighted by atomic mass is 10.1. The van der Waals surface area contributed by atoms with E-state index in [1.807, 2.05) is 0 Å². The van der Waals surface area contributed by atoms with Gasteiger partial charge in [-0.3, -0.25) is 4.90 Å². The normalized spacial score (nSPS) is 32.5. The van der Waals surface area contributed by atoms with Crippen molar-refractivity contribution in [1.82, 2.24) is 10.2 Å². The van der Waals surface area contributed by atoms with E-state index < -0.39 is 0 Å². The van der Waals surface area contributed by atoms with Gasteiger partial charge in [0, 0.05) is 25.2 Å². The number of aliphatic hydroxyl groups is 1. The van der Waals surface area contributed by atoms with Crippen LogP contribution in [0.4, 0.5) is 0 Å². The SMILES string of the molecule is OCC1CCCCCN1C1CNC1. The van der Waals surface area contributed by atoms with E-state index in [9.17, 15) is 5.11 Å². The molecule has 76 valence electrons. The molecular formula is C10H20N2O. The van der Waals surface area contributed by atoms with Crippen LogP contribution in [0.2, 0.25) is 0 Å². The van der Waals surface area contributed by atoms with Crippen LogP contribution in [-0.2, 0) is 0 Å². The van der Waals surface area contributed by atoms with Crippen LogP contribution in [-0.4, -0.2) is 48.3 Å². The molecule has 13 heavy (non-hydrogen) atoms. The molecule has 2 N–H and O–H groups in total. The zero-order valence-electron chi connectivity index (χ0n) is 8.21. The monoisotopic (exact) mass is 184 g/mol. The molecule has 3 heteroatoms. The van der Waals surface area contributed by atoms with Crippen LogP contribution in [0.3, 0.4) is 0 Å². The van der Waals surface area contributed by atoms with E-state index in [-0.39, 0.29) is 0 Å². The molecule has 0 aromatic heterocycles. The summed E-state index contributed by atoms with van der Waals surface area (Å²) in [5.41, 5.74) is 0. The van der Waals surface area contributed by atoms with Crippen molar-refractivity contribution in [2.75, 3.05) is 26.2 Å². The smallest absolute Gasteiger partial charge is 0.0587 e. The third-order valence-corrected chi connectivity index (χ3v) is 3.36. The minimum Gasteiger partial charge on any atom is -0.395 e. The summed E-state index contributed by atoms with van der Waals surface area (Å²) < 4.78 is 0. The fraction of sp³-hybridized carbons (Fsp3) is 1.00. The quantitative estimate of drug-likeness (QED) is 0.643. The van der Waals surface area contributed by atoms with Gasteiger partial charge in [0.1, 0.15) is 0 Å². The van der Waals surface area contributed by atoms with E-state index >= 15 is 0 Å². The lowest BCUT2D eigenvalue weighted by Crippen LogP contribution is -2.60. The van der Waals surface area contributed by atoms with E-state index in [1.165, 1.54) is 32.2 Å². The maximum absolute atomic E-state index is 9.29. The zero-order valence-corrected chi connectivity index (χ0v) is 8.21. The summed E-state index contributed by atoms with van der Waals surface area (Å²) in [7, 11) is 0. The highest BCUT2D eigenvalue weighted by Gasteiger charge is 2.30. The average Bonchev–Trinajstić information content (AvgIpc) is 2.27. The van der Waals surface area contributed by atoms with Crippen molar-refractivity contribution in [3.63, 3.8) is 0 Å². The van der Waals surface area contributed by atoms with Gasteiger partial charge < -0.3 is 10.4 Å². The number of nitrogens with zero attached hydrogens (tertiary/aromatic N) is 1. The zero-order chi connectivity index (χ0) is 9.10. The molecule has 1 unspecified atom stereocenters. The van der Waals surface area contributed by atoms with Crippen molar-refractivity contribution in [1.29, 1.82) is 0 Å². The Morgan fingerprint density at radius 1 is 1.23 bits per heavy atom. The second-order valence-electron chi connectivity index (χ2n) is 4.24. The van der Waals surface area contributed by atoms with E-state index in [0.29, 0.717) is 18.7 Å². The minimum atomic E-state index is 0.344. The topological polar surface area (TPSA) is 35.5 Å². The summed E-state index contributed by atoms with van der Waals surface area (Å²) in [6.07, 6.45) is 5.13. The molecule has 2 aliphatic rings. The first-order chi connectivity index (χ1) is 6.42. The van der Waals surface area contributed by atoms with Crippen molar-refractivity contribution in [2.24, 2.45) is 0 Å². The Hall–Kier alpha value is -0.120. The predicted octanol–water partition coefficient (Wildman–Crippen LogP) is 0.195. The second-order valence-corrected chi connectivity index (χ2v) is 4.24. The van der Waals surface area contributed by atoms with Crippen LogP contribution in [0, 0.1) is 0 Å². The summed E-state index contributed by atoms with van der Waals surface area (Å²) in [5, 5.41) is 12.6. The number of nitrogens with one attached hydrogen (secondary N) is 1. The highest BCUT2D eigenvalue weighted by molar-refractivity contribution is 4.89. The molecule has 0 amide bonds. The molecule has 0 saturated carbocycles. The Bertz CT molecular complexity index is 159. The molecular weight excluding hydrogens is 164 g/mol. The van der Waals surface area contributed by atoms with E-state index in [4.69, 9.17) is 0 Å². The third-order valence-electron chi connectivity index (χ3n) is 3.36. The Morgan fingerprint density at radius 2 is 2.08 bits per heavy atom. The molecule has 2 fully saturated rings. The van der Waals surface area contributed by atoms with Crippen LogP contribution in [0.5, 0.6) is 0 Å². The summed E-state index contributed by atoms with van der Waals surface area (Å²) in [5.74, 6) is 0. The van der Waals surface area contributed by atoms with Gasteiger partial charge in [0.2, 0.25) is 0 Å². The predicted molar refractivity (Wildman–Crippen MR) is 52.7 cm³/mol. The highest BCUT2D eigenvalue weighted by Crippen LogP contribution is 2.20. The first kappa shape index (κ1) is 9.44. The number of rotatable bonds is 2. The minimum absolute atomic E-state index is 0.344. The van der Waals surface area contributed by atoms with Gasteiger partial charge in [0.15, 0.2) is 0 Å². The van der Waals surface area contributed by atoms with Gasteiger partial charge in [-0.05, 0) is 19.4 Å². The fourth-order valence-electron chi connectivity index (χ4n) is 2.38. The molecule has 0 bridgehead atoms. The maximum atomic E-state index is 9.29. The Labute approximate surface area is 80.1 Å². The first-order valence-electron chi connectivity index (χ1n) is 5.49. The highest BCUT2D eigenvalue weighted by atomic mass is 16.3. The summed E-state index contributed by atoms with van der Waals surface area (Å²) >= 11 is 0. The van der Waals surface area contributed by atoms with Crippen LogP contribution in [0.15, 0.2) is 0 Å². The number of aliphatic hydroxyl groups excluding tert-OH is 1. The van der Waals surface area contributed by atoms with E-state index in [1.54, 1.807) is 0 Å². The fourth-order valence-corrected chi connectivity index (χ4v) is 2.38.